The first-order valence-electron chi connectivity index (χ1n) is 6.37. The standard InChI is InChI=1S/C14H22N2O2.BrH/c1-4-16(3,5-2)10-11-18-14(17)12-6-8-13(15)9-7-12;/h6-9H,4-5,10-11H2,1-3H3,(H-,15,17);1H/p+1. The van der Waals surface area contributed by atoms with Crippen molar-refractivity contribution in [2.75, 3.05) is 39.0 Å². The number of hydrogen-bond donors (Lipinski definition) is 1. The molecule has 0 amide bonds. The average molecular weight is 332 g/mol. The van der Waals surface area contributed by atoms with Gasteiger partial charge in [-0.15, -0.1) is 17.0 Å². The Morgan fingerprint density at radius 2 is 1.74 bits per heavy atom. The Labute approximate surface area is 125 Å². The normalized spacial score (nSPS) is 10.7. The summed E-state index contributed by atoms with van der Waals surface area (Å²) >= 11 is 0. The maximum absolute atomic E-state index is 11.7. The molecule has 0 atom stereocenters. The fourth-order valence-electron chi connectivity index (χ4n) is 1.60. The summed E-state index contributed by atoms with van der Waals surface area (Å²) in [4.78, 5) is 11.7. The SMILES string of the molecule is Br.CC[N+](C)(CC)CCOC(=O)c1ccc(N)cc1. The highest BCUT2D eigenvalue weighted by atomic mass is 79.9. The van der Waals surface area contributed by atoms with Gasteiger partial charge in [-0.3, -0.25) is 0 Å². The van der Waals surface area contributed by atoms with E-state index in [-0.39, 0.29) is 23.0 Å². The van der Waals surface area contributed by atoms with Crippen molar-refractivity contribution in [3.8, 4) is 0 Å². The lowest BCUT2D eigenvalue weighted by atomic mass is 10.2. The third-order valence-electron chi connectivity index (χ3n) is 3.54. The summed E-state index contributed by atoms with van der Waals surface area (Å²) in [5.74, 6) is -0.284. The van der Waals surface area contributed by atoms with Crippen molar-refractivity contribution in [3.63, 3.8) is 0 Å². The van der Waals surface area contributed by atoms with E-state index in [0.717, 1.165) is 24.1 Å². The zero-order chi connectivity index (χ0) is 13.6. The number of quaternary nitrogens is 1. The molecule has 108 valence electrons. The van der Waals surface area contributed by atoms with E-state index in [1.807, 2.05) is 0 Å². The smallest absolute Gasteiger partial charge is 0.338 e. The summed E-state index contributed by atoms with van der Waals surface area (Å²) in [5.41, 5.74) is 6.76. The molecule has 0 fully saturated rings. The van der Waals surface area contributed by atoms with E-state index < -0.39 is 0 Å². The molecule has 0 spiro atoms. The van der Waals surface area contributed by atoms with Gasteiger partial charge in [-0.2, -0.15) is 0 Å². The van der Waals surface area contributed by atoms with Crippen molar-refractivity contribution in [3.05, 3.63) is 29.8 Å². The summed E-state index contributed by atoms with van der Waals surface area (Å²) in [6.07, 6.45) is 0. The molecule has 0 aliphatic heterocycles. The summed E-state index contributed by atoms with van der Waals surface area (Å²) in [6.45, 7) is 7.65. The van der Waals surface area contributed by atoms with Gasteiger partial charge in [0.1, 0.15) is 13.2 Å². The Morgan fingerprint density at radius 1 is 1.21 bits per heavy atom. The van der Waals surface area contributed by atoms with Crippen molar-refractivity contribution in [1.82, 2.24) is 0 Å². The number of nitrogens with zero attached hydrogens (tertiary/aromatic N) is 1. The van der Waals surface area contributed by atoms with Crippen LogP contribution < -0.4 is 5.73 Å². The van der Waals surface area contributed by atoms with Crippen LogP contribution in [0, 0.1) is 0 Å². The van der Waals surface area contributed by atoms with Crippen LogP contribution in [0.25, 0.3) is 0 Å². The van der Waals surface area contributed by atoms with E-state index in [1.54, 1.807) is 24.3 Å². The number of nitrogen functional groups attached to an aromatic ring is 1. The van der Waals surface area contributed by atoms with Crippen LogP contribution in [0.15, 0.2) is 24.3 Å². The molecule has 19 heavy (non-hydrogen) atoms. The number of hydrogen-bond acceptors (Lipinski definition) is 3. The second-order valence-corrected chi connectivity index (χ2v) is 4.73. The van der Waals surface area contributed by atoms with Gasteiger partial charge in [-0.05, 0) is 38.1 Å². The van der Waals surface area contributed by atoms with Crippen LogP contribution in [0.3, 0.4) is 0 Å². The number of rotatable bonds is 6. The summed E-state index contributed by atoms with van der Waals surface area (Å²) in [7, 11) is 2.16. The molecule has 0 saturated heterocycles. The van der Waals surface area contributed by atoms with E-state index in [1.165, 1.54) is 0 Å². The van der Waals surface area contributed by atoms with E-state index in [9.17, 15) is 4.79 Å². The molecular formula is C14H24BrN2O2+. The number of halogens is 1. The van der Waals surface area contributed by atoms with Gasteiger partial charge in [0.2, 0.25) is 0 Å². The second-order valence-electron chi connectivity index (χ2n) is 4.73. The molecule has 0 aliphatic rings. The van der Waals surface area contributed by atoms with Gasteiger partial charge >= 0.3 is 5.97 Å². The predicted octanol–water partition coefficient (Wildman–Crippen LogP) is 2.49. The first kappa shape index (κ1) is 17.9. The number of ether oxygens (including phenoxy) is 1. The quantitative estimate of drug-likeness (QED) is 0.495. The van der Waals surface area contributed by atoms with E-state index in [0.29, 0.717) is 17.9 Å². The minimum absolute atomic E-state index is 0. The predicted molar refractivity (Wildman–Crippen MR) is 83.6 cm³/mol. The monoisotopic (exact) mass is 331 g/mol. The number of carbonyl (C=O) groups is 1. The highest BCUT2D eigenvalue weighted by Gasteiger charge is 2.17. The molecule has 0 aliphatic carbocycles. The van der Waals surface area contributed by atoms with Gasteiger partial charge in [0.15, 0.2) is 0 Å². The minimum atomic E-state index is -0.284. The molecule has 5 heteroatoms. The van der Waals surface area contributed by atoms with Crippen molar-refractivity contribution < 1.29 is 14.0 Å². The Kier molecular flexibility index (Phi) is 7.71. The zero-order valence-corrected chi connectivity index (χ0v) is 13.6. The first-order valence-corrected chi connectivity index (χ1v) is 6.37. The number of benzene rings is 1. The van der Waals surface area contributed by atoms with Gasteiger partial charge in [0, 0.05) is 5.69 Å². The van der Waals surface area contributed by atoms with Crippen molar-refractivity contribution in [1.29, 1.82) is 0 Å². The van der Waals surface area contributed by atoms with Crippen molar-refractivity contribution in [2.24, 2.45) is 0 Å². The van der Waals surface area contributed by atoms with Crippen molar-refractivity contribution >= 4 is 28.6 Å². The van der Waals surface area contributed by atoms with E-state index >= 15 is 0 Å². The largest absolute Gasteiger partial charge is 0.456 e. The molecule has 0 unspecified atom stereocenters. The fourth-order valence-corrected chi connectivity index (χ4v) is 1.60. The highest BCUT2D eigenvalue weighted by molar-refractivity contribution is 8.93. The lowest BCUT2D eigenvalue weighted by Gasteiger charge is -2.31. The molecule has 0 saturated carbocycles. The number of esters is 1. The van der Waals surface area contributed by atoms with Crippen LogP contribution in [0.1, 0.15) is 24.2 Å². The molecule has 1 rings (SSSR count). The lowest BCUT2D eigenvalue weighted by Crippen LogP contribution is -2.46. The maximum Gasteiger partial charge on any atom is 0.338 e. The summed E-state index contributed by atoms with van der Waals surface area (Å²) in [6, 6.07) is 6.78. The van der Waals surface area contributed by atoms with Gasteiger partial charge < -0.3 is 15.0 Å². The van der Waals surface area contributed by atoms with Crippen LogP contribution >= 0.6 is 17.0 Å². The van der Waals surface area contributed by atoms with Crippen molar-refractivity contribution in [2.45, 2.75) is 13.8 Å². The topological polar surface area (TPSA) is 52.3 Å². The fraction of sp³-hybridized carbons (Fsp3) is 0.500. The second kappa shape index (κ2) is 8.17. The van der Waals surface area contributed by atoms with Crippen LogP contribution in [-0.4, -0.2) is 43.7 Å². The Balaban J connectivity index is 0.00000324. The van der Waals surface area contributed by atoms with E-state index in [2.05, 4.69) is 20.9 Å². The van der Waals surface area contributed by atoms with Gasteiger partial charge in [0.25, 0.3) is 0 Å². The number of carbonyl (C=O) groups excluding carboxylic acids is 1. The number of anilines is 1. The molecule has 0 heterocycles. The Hall–Kier alpha value is -1.07. The average Bonchev–Trinajstić information content (AvgIpc) is 2.39. The van der Waals surface area contributed by atoms with Gasteiger partial charge in [0.05, 0.1) is 25.7 Å². The zero-order valence-electron chi connectivity index (χ0n) is 11.9. The Bertz CT molecular complexity index is 389. The minimum Gasteiger partial charge on any atom is -0.456 e. The lowest BCUT2D eigenvalue weighted by molar-refractivity contribution is -0.906. The molecule has 1 aromatic rings. The van der Waals surface area contributed by atoms with Crippen LogP contribution in [-0.2, 0) is 4.74 Å². The van der Waals surface area contributed by atoms with Crippen LogP contribution in [0.5, 0.6) is 0 Å². The van der Waals surface area contributed by atoms with Crippen LogP contribution in [0.2, 0.25) is 0 Å². The first-order chi connectivity index (χ1) is 8.50. The Morgan fingerprint density at radius 3 is 2.21 bits per heavy atom. The molecule has 2 N–H and O–H groups in total. The summed E-state index contributed by atoms with van der Waals surface area (Å²) < 4.78 is 6.18. The molecule has 4 nitrogen and oxygen atoms in total. The number of nitrogens with two attached hydrogens (primary N) is 1. The van der Waals surface area contributed by atoms with E-state index in [4.69, 9.17) is 10.5 Å². The third-order valence-corrected chi connectivity index (χ3v) is 3.54. The van der Waals surface area contributed by atoms with Gasteiger partial charge in [-0.1, -0.05) is 0 Å². The molecule has 1 aromatic carbocycles. The molecular weight excluding hydrogens is 308 g/mol. The van der Waals surface area contributed by atoms with Gasteiger partial charge in [-0.25, -0.2) is 4.79 Å². The summed E-state index contributed by atoms with van der Waals surface area (Å²) in [5, 5.41) is 0. The highest BCUT2D eigenvalue weighted by Crippen LogP contribution is 2.07. The maximum atomic E-state index is 11.7. The number of likely N-dealkylation sites (N-methyl/N-ethyl adjacent to an activating group) is 1. The van der Waals surface area contributed by atoms with Crippen LogP contribution in [0.4, 0.5) is 5.69 Å². The molecule has 0 bridgehead atoms. The molecule has 0 aromatic heterocycles. The third kappa shape index (κ3) is 5.61. The molecule has 0 radical (unpaired) electrons.